The predicted octanol–water partition coefficient (Wildman–Crippen LogP) is 4.69. The summed E-state index contributed by atoms with van der Waals surface area (Å²) >= 11 is 3.21. The first-order valence-corrected chi connectivity index (χ1v) is 10.5. The van der Waals surface area contributed by atoms with Crippen LogP contribution in [0.3, 0.4) is 0 Å². The van der Waals surface area contributed by atoms with E-state index < -0.39 is 0 Å². The summed E-state index contributed by atoms with van der Waals surface area (Å²) in [6.07, 6.45) is 1.76. The van der Waals surface area contributed by atoms with Crippen LogP contribution in [0, 0.1) is 0 Å². The summed E-state index contributed by atoms with van der Waals surface area (Å²) in [5, 5.41) is 4.82. The molecule has 1 amide bonds. The van der Waals surface area contributed by atoms with Crippen molar-refractivity contribution in [3.8, 4) is 10.6 Å². The number of carbonyl (C=O) groups is 1. The molecule has 3 aromatic rings. The molecule has 1 aliphatic heterocycles. The average Bonchev–Trinajstić information content (AvgIpc) is 3.39. The Morgan fingerprint density at radius 2 is 1.92 bits per heavy atom. The van der Waals surface area contributed by atoms with Gasteiger partial charge < -0.3 is 9.64 Å². The van der Waals surface area contributed by atoms with Gasteiger partial charge in [0, 0.05) is 35.1 Å². The van der Waals surface area contributed by atoms with Crippen molar-refractivity contribution in [3.63, 3.8) is 0 Å². The third-order valence-electron chi connectivity index (χ3n) is 4.54. The number of thiazole rings is 1. The Hall–Kier alpha value is -2.02. The molecule has 26 heavy (non-hydrogen) atoms. The summed E-state index contributed by atoms with van der Waals surface area (Å²) in [4.78, 5) is 21.1. The van der Waals surface area contributed by atoms with E-state index >= 15 is 0 Å². The van der Waals surface area contributed by atoms with Crippen LogP contribution in [0.4, 0.5) is 0 Å². The lowest BCUT2D eigenvalue weighted by molar-refractivity contribution is 0.0267. The monoisotopic (exact) mass is 384 g/mol. The summed E-state index contributed by atoms with van der Waals surface area (Å²) in [7, 11) is 0. The first-order valence-electron chi connectivity index (χ1n) is 8.73. The number of rotatable bonds is 5. The van der Waals surface area contributed by atoms with Gasteiger partial charge in [-0.1, -0.05) is 36.4 Å². The van der Waals surface area contributed by atoms with Gasteiger partial charge in [0.1, 0.15) is 10.7 Å². The van der Waals surface area contributed by atoms with Gasteiger partial charge in [0.25, 0.3) is 5.91 Å². The second-order valence-electron chi connectivity index (χ2n) is 6.26. The molecule has 0 radical (unpaired) electrons. The Balaban J connectivity index is 1.58. The maximum atomic E-state index is 13.2. The van der Waals surface area contributed by atoms with Crippen molar-refractivity contribution in [2.45, 2.75) is 25.4 Å². The number of carbonyl (C=O) groups excluding carboxylic acids is 1. The smallest absolute Gasteiger partial charge is 0.273 e. The quantitative estimate of drug-likeness (QED) is 0.641. The first-order chi connectivity index (χ1) is 12.8. The van der Waals surface area contributed by atoms with Crippen LogP contribution in [0.25, 0.3) is 10.6 Å². The highest BCUT2D eigenvalue weighted by atomic mass is 32.1. The minimum absolute atomic E-state index is 0.0173. The number of amides is 1. The zero-order valence-electron chi connectivity index (χ0n) is 14.3. The number of nitrogens with zero attached hydrogens (tertiary/aromatic N) is 2. The van der Waals surface area contributed by atoms with Crippen LogP contribution >= 0.6 is 22.7 Å². The van der Waals surface area contributed by atoms with Crippen LogP contribution in [-0.4, -0.2) is 35.0 Å². The molecule has 2 aromatic heterocycles. The highest BCUT2D eigenvalue weighted by Crippen LogP contribution is 2.26. The fraction of sp³-hybridized carbons (Fsp3) is 0.300. The van der Waals surface area contributed by atoms with Crippen molar-refractivity contribution in [1.82, 2.24) is 9.88 Å². The molecule has 1 aromatic carbocycles. The van der Waals surface area contributed by atoms with Crippen LogP contribution in [-0.2, 0) is 11.3 Å². The third-order valence-corrected chi connectivity index (χ3v) is 6.30. The third kappa shape index (κ3) is 3.87. The molecule has 0 spiro atoms. The molecule has 1 aliphatic rings. The van der Waals surface area contributed by atoms with E-state index in [1.54, 1.807) is 11.3 Å². The maximum absolute atomic E-state index is 13.2. The van der Waals surface area contributed by atoms with Gasteiger partial charge in [0.05, 0.1) is 6.54 Å². The van der Waals surface area contributed by atoms with E-state index in [1.807, 2.05) is 46.7 Å². The molecule has 3 heterocycles. The average molecular weight is 385 g/mol. The van der Waals surface area contributed by atoms with E-state index in [1.165, 1.54) is 16.2 Å². The summed E-state index contributed by atoms with van der Waals surface area (Å²) in [5.74, 6) is 0.0173. The van der Waals surface area contributed by atoms with Crippen LogP contribution in [0.5, 0.6) is 0 Å². The Bertz CT molecular complexity index is 840. The Kier molecular flexibility index (Phi) is 5.43. The number of ether oxygens (including phenoxy) is 1. The van der Waals surface area contributed by atoms with Gasteiger partial charge in [0.2, 0.25) is 0 Å². The van der Waals surface area contributed by atoms with Crippen molar-refractivity contribution in [1.29, 1.82) is 0 Å². The molecule has 0 unspecified atom stereocenters. The molecular weight excluding hydrogens is 364 g/mol. The normalized spacial score (nSPS) is 15.1. The van der Waals surface area contributed by atoms with E-state index in [2.05, 4.69) is 16.4 Å². The van der Waals surface area contributed by atoms with Crippen molar-refractivity contribution in [2.75, 3.05) is 13.2 Å². The Morgan fingerprint density at radius 1 is 1.12 bits per heavy atom. The van der Waals surface area contributed by atoms with E-state index in [9.17, 15) is 4.79 Å². The van der Waals surface area contributed by atoms with E-state index in [-0.39, 0.29) is 11.9 Å². The number of aromatic nitrogens is 1. The Morgan fingerprint density at radius 3 is 2.65 bits per heavy atom. The topological polar surface area (TPSA) is 42.4 Å². The molecular formula is C20H20N2O2S2. The fourth-order valence-electron chi connectivity index (χ4n) is 3.17. The van der Waals surface area contributed by atoms with Gasteiger partial charge in [-0.15, -0.1) is 22.7 Å². The number of thiophene rings is 1. The fourth-order valence-corrected chi connectivity index (χ4v) is 4.67. The molecule has 0 bridgehead atoms. The zero-order chi connectivity index (χ0) is 17.8. The second-order valence-corrected chi connectivity index (χ2v) is 8.15. The van der Waals surface area contributed by atoms with Gasteiger partial charge in [0.15, 0.2) is 0 Å². The van der Waals surface area contributed by atoms with Gasteiger partial charge in [-0.05, 0) is 24.3 Å². The summed E-state index contributed by atoms with van der Waals surface area (Å²) < 4.78 is 5.48. The van der Waals surface area contributed by atoms with Crippen LogP contribution in [0.2, 0.25) is 0 Å². The van der Waals surface area contributed by atoms with Crippen molar-refractivity contribution >= 4 is 28.6 Å². The standard InChI is InChI=1S/C20H20N2O2S2/c23-20(18-14-26-19(21-18)15-5-2-1-3-6-15)22(13-17-7-4-12-25-17)16-8-10-24-11-9-16/h1-7,12,14,16H,8-11,13H2. The van der Waals surface area contributed by atoms with Crippen molar-refractivity contribution in [2.24, 2.45) is 0 Å². The lowest BCUT2D eigenvalue weighted by Crippen LogP contribution is -2.43. The molecule has 6 heteroatoms. The minimum atomic E-state index is 0.0173. The van der Waals surface area contributed by atoms with E-state index in [0.717, 1.165) is 23.4 Å². The molecule has 0 aliphatic carbocycles. The summed E-state index contributed by atoms with van der Waals surface area (Å²) in [6, 6.07) is 14.3. The predicted molar refractivity (Wildman–Crippen MR) is 106 cm³/mol. The summed E-state index contributed by atoms with van der Waals surface area (Å²) in [6.45, 7) is 2.07. The van der Waals surface area contributed by atoms with Crippen LogP contribution in [0.15, 0.2) is 53.2 Å². The van der Waals surface area contributed by atoms with Crippen LogP contribution < -0.4 is 0 Å². The molecule has 0 atom stereocenters. The maximum Gasteiger partial charge on any atom is 0.273 e. The second kappa shape index (κ2) is 8.12. The number of hydrogen-bond acceptors (Lipinski definition) is 5. The largest absolute Gasteiger partial charge is 0.381 e. The van der Waals surface area contributed by atoms with Gasteiger partial charge >= 0.3 is 0 Å². The first kappa shape index (κ1) is 17.4. The molecule has 1 fully saturated rings. The lowest BCUT2D eigenvalue weighted by atomic mass is 10.1. The molecule has 4 nitrogen and oxygen atoms in total. The molecule has 1 saturated heterocycles. The minimum Gasteiger partial charge on any atom is -0.381 e. The van der Waals surface area contributed by atoms with Crippen molar-refractivity contribution < 1.29 is 9.53 Å². The molecule has 0 N–H and O–H groups in total. The SMILES string of the molecule is O=C(c1csc(-c2ccccc2)n1)N(Cc1cccs1)C1CCOCC1. The molecule has 134 valence electrons. The highest BCUT2D eigenvalue weighted by Gasteiger charge is 2.28. The molecule has 0 saturated carbocycles. The van der Waals surface area contributed by atoms with Gasteiger partial charge in [-0.2, -0.15) is 0 Å². The Labute approximate surface area is 161 Å². The number of hydrogen-bond donors (Lipinski definition) is 0. The zero-order valence-corrected chi connectivity index (χ0v) is 16.0. The van der Waals surface area contributed by atoms with Crippen LogP contribution in [0.1, 0.15) is 28.2 Å². The van der Waals surface area contributed by atoms with Gasteiger partial charge in [-0.25, -0.2) is 4.98 Å². The van der Waals surface area contributed by atoms with E-state index in [0.29, 0.717) is 25.5 Å². The lowest BCUT2D eigenvalue weighted by Gasteiger charge is -2.33. The number of benzene rings is 1. The van der Waals surface area contributed by atoms with E-state index in [4.69, 9.17) is 4.74 Å². The van der Waals surface area contributed by atoms with Gasteiger partial charge in [-0.3, -0.25) is 4.79 Å². The molecule has 4 rings (SSSR count). The summed E-state index contributed by atoms with van der Waals surface area (Å²) in [5.41, 5.74) is 1.59. The highest BCUT2D eigenvalue weighted by molar-refractivity contribution is 7.13. The van der Waals surface area contributed by atoms with Crippen molar-refractivity contribution in [3.05, 3.63) is 63.8 Å².